The Kier molecular flexibility index (Phi) is 7.71. The van der Waals surface area contributed by atoms with Gasteiger partial charge in [0.1, 0.15) is 0 Å². The van der Waals surface area contributed by atoms with E-state index in [-0.39, 0.29) is 0 Å². The van der Waals surface area contributed by atoms with E-state index < -0.39 is 71.4 Å². The van der Waals surface area contributed by atoms with Crippen molar-refractivity contribution in [3.63, 3.8) is 0 Å². The van der Waals surface area contributed by atoms with Crippen molar-refractivity contribution in [2.75, 3.05) is 5.75 Å². The summed E-state index contributed by atoms with van der Waals surface area (Å²) < 4.78 is 239. The molecule has 0 aliphatic heterocycles. The Morgan fingerprint density at radius 3 is 1.00 bits per heavy atom. The second-order valence-corrected chi connectivity index (χ2v) is 6.58. The summed E-state index contributed by atoms with van der Waals surface area (Å²) in [4.78, 5) is 10.1. The first kappa shape index (κ1) is 31.6. The molecule has 2 N–H and O–H groups in total. The summed E-state index contributed by atoms with van der Waals surface area (Å²) in [6, 6.07) is 0. The highest BCUT2D eigenvalue weighted by molar-refractivity contribution is 7.80. The number of halogens is 18. The third-order valence-corrected chi connectivity index (χ3v) is 4.18. The van der Waals surface area contributed by atoms with E-state index in [1.807, 2.05) is 0 Å². The number of hydrogen-bond donors (Lipinski definition) is 2. The highest BCUT2D eigenvalue weighted by atomic mass is 32.1. The van der Waals surface area contributed by atoms with E-state index in [9.17, 15) is 83.8 Å². The normalized spacial score (nSPS) is 16.2. The second-order valence-electron chi connectivity index (χ2n) is 6.14. The van der Waals surface area contributed by atoms with Crippen LogP contribution in [0.2, 0.25) is 0 Å². The lowest BCUT2D eigenvalue weighted by Gasteiger charge is -2.44. The largest absolute Gasteiger partial charge is 0.392 e. The van der Waals surface area contributed by atoms with Gasteiger partial charge in [0.05, 0.1) is 0 Å². The fourth-order valence-corrected chi connectivity index (χ4v) is 2.15. The molecule has 0 spiro atoms. The van der Waals surface area contributed by atoms with Crippen molar-refractivity contribution in [2.24, 2.45) is 5.73 Å². The summed E-state index contributed by atoms with van der Waals surface area (Å²) >= 11 is 2.82. The first-order valence-corrected chi connectivity index (χ1v) is 7.95. The summed E-state index contributed by atoms with van der Waals surface area (Å²) in [6.07, 6.45) is -2.62. The van der Waals surface area contributed by atoms with Crippen molar-refractivity contribution in [3.05, 3.63) is 0 Å². The summed E-state index contributed by atoms with van der Waals surface area (Å²) in [6.45, 7) is 0. The van der Waals surface area contributed by atoms with Crippen LogP contribution >= 0.6 is 12.6 Å². The summed E-state index contributed by atoms with van der Waals surface area (Å²) in [7, 11) is 0. The van der Waals surface area contributed by atoms with Gasteiger partial charge < -0.3 is 5.73 Å². The number of rotatable bonds is 11. The monoisotopic (exact) mass is 555 g/mol. The van der Waals surface area contributed by atoms with Gasteiger partial charge in [0.2, 0.25) is 0 Å². The second kappa shape index (κ2) is 8.06. The lowest BCUT2D eigenvalue weighted by Crippen LogP contribution is -2.76. The first-order chi connectivity index (χ1) is 14.0. The molecule has 0 aromatic heterocycles. The predicted octanol–water partition coefficient (Wildman–Crippen LogP) is 5.51. The minimum absolute atomic E-state index is 1.55. The first-order valence-electron chi connectivity index (χ1n) is 7.31. The highest BCUT2D eigenvalue weighted by Gasteiger charge is 2.96. The minimum Gasteiger partial charge on any atom is -0.364 e. The number of alkyl halides is 18. The maximum absolute atomic E-state index is 13.4. The van der Waals surface area contributed by atoms with Crippen LogP contribution in [0.1, 0.15) is 6.42 Å². The number of primary amides is 1. The van der Waals surface area contributed by atoms with Crippen LogP contribution in [0.3, 0.4) is 0 Å². The molecule has 0 saturated heterocycles. The SMILES string of the molecule is NC(=O)C(F)(F)C(F)(F)C(F)(F)C(F)(F)C(F)(F)C(F)(F)C(F)(F)C(F)(F)C(F)(F)CCS. The quantitative estimate of drug-likeness (QED) is 0.257. The molecule has 0 bridgehead atoms. The molecular weight excluding hydrogens is 548 g/mol. The van der Waals surface area contributed by atoms with E-state index in [0.29, 0.717) is 0 Å². The van der Waals surface area contributed by atoms with E-state index in [4.69, 9.17) is 0 Å². The Morgan fingerprint density at radius 2 is 0.758 bits per heavy atom. The molecule has 0 aromatic rings. The maximum atomic E-state index is 13.4. The zero-order valence-electron chi connectivity index (χ0n) is 14.7. The zero-order chi connectivity index (χ0) is 27.5. The van der Waals surface area contributed by atoms with Crippen LogP contribution in [0.5, 0.6) is 0 Å². The molecule has 0 rings (SSSR count). The third kappa shape index (κ3) is 3.84. The van der Waals surface area contributed by atoms with Crippen molar-refractivity contribution >= 4 is 18.5 Å². The number of carbonyl (C=O) groups excluding carboxylic acids is 1. The molecule has 0 radical (unpaired) electrons. The number of hydrogen-bond acceptors (Lipinski definition) is 2. The summed E-state index contributed by atoms with van der Waals surface area (Å²) in [5, 5.41) is 0. The van der Waals surface area contributed by atoms with E-state index in [0.717, 1.165) is 0 Å². The van der Waals surface area contributed by atoms with Crippen molar-refractivity contribution in [1.82, 2.24) is 0 Å². The van der Waals surface area contributed by atoms with Gasteiger partial charge in [-0.15, -0.1) is 0 Å². The van der Waals surface area contributed by atoms with Crippen LogP contribution < -0.4 is 5.73 Å². The summed E-state index contributed by atoms with van der Waals surface area (Å²) in [5.41, 5.74) is 3.50. The molecule has 0 fully saturated rings. The molecule has 0 aliphatic carbocycles. The van der Waals surface area contributed by atoms with Crippen LogP contribution in [-0.2, 0) is 4.79 Å². The number of thiol groups is 1. The van der Waals surface area contributed by atoms with E-state index in [2.05, 4.69) is 18.4 Å². The standard InChI is InChI=1S/C12H7F18NOS/c13-4(14,1-2-33)6(17,18)8(21,22)10(25,26)12(29,30)11(27,28)9(23,24)7(19,20)5(15,16)3(31)32/h33H,1-2H2,(H2,31,32). The molecule has 21 heteroatoms. The van der Waals surface area contributed by atoms with Gasteiger partial charge in [-0.05, 0) is 5.75 Å². The lowest BCUT2D eigenvalue weighted by molar-refractivity contribution is -0.460. The Hall–Kier alpha value is -1.44. The molecule has 33 heavy (non-hydrogen) atoms. The van der Waals surface area contributed by atoms with Crippen LogP contribution in [0.15, 0.2) is 0 Å². The molecule has 2 nitrogen and oxygen atoms in total. The van der Waals surface area contributed by atoms with Gasteiger partial charge in [0, 0.05) is 6.42 Å². The van der Waals surface area contributed by atoms with Gasteiger partial charge in [0.25, 0.3) is 5.91 Å². The van der Waals surface area contributed by atoms with Crippen molar-refractivity contribution < 1.29 is 83.8 Å². The van der Waals surface area contributed by atoms with Crippen LogP contribution in [-0.4, -0.2) is 65.0 Å². The van der Waals surface area contributed by atoms with Crippen molar-refractivity contribution in [2.45, 2.75) is 59.7 Å². The Bertz CT molecular complexity index is 747. The van der Waals surface area contributed by atoms with Gasteiger partial charge in [-0.1, -0.05) is 0 Å². The Morgan fingerprint density at radius 1 is 0.515 bits per heavy atom. The fourth-order valence-electron chi connectivity index (χ4n) is 1.86. The average Bonchev–Trinajstić information content (AvgIpc) is 2.59. The number of amides is 1. The topological polar surface area (TPSA) is 43.1 Å². The van der Waals surface area contributed by atoms with Gasteiger partial charge in [-0.3, -0.25) is 4.79 Å². The van der Waals surface area contributed by atoms with E-state index >= 15 is 0 Å². The number of carbonyl (C=O) groups is 1. The Balaban J connectivity index is 6.96. The average molecular weight is 555 g/mol. The maximum Gasteiger partial charge on any atom is 0.392 e. The summed E-state index contributed by atoms with van der Waals surface area (Å²) in [5.74, 6) is -78.5. The lowest BCUT2D eigenvalue weighted by atomic mass is 9.86. The van der Waals surface area contributed by atoms with E-state index in [1.54, 1.807) is 0 Å². The van der Waals surface area contributed by atoms with Crippen molar-refractivity contribution in [3.8, 4) is 0 Å². The molecular formula is C12H7F18NOS. The van der Waals surface area contributed by atoms with Crippen LogP contribution in [0.25, 0.3) is 0 Å². The highest BCUT2D eigenvalue weighted by Crippen LogP contribution is 2.65. The molecule has 0 saturated carbocycles. The Labute approximate surface area is 174 Å². The zero-order valence-corrected chi connectivity index (χ0v) is 15.5. The molecule has 1 amide bonds. The van der Waals surface area contributed by atoms with Crippen LogP contribution in [0, 0.1) is 0 Å². The number of nitrogens with two attached hydrogens (primary N) is 1. The van der Waals surface area contributed by atoms with Gasteiger partial charge in [-0.25, -0.2) is 0 Å². The smallest absolute Gasteiger partial charge is 0.364 e. The molecule has 0 unspecified atom stereocenters. The fraction of sp³-hybridized carbons (Fsp3) is 0.917. The third-order valence-electron chi connectivity index (χ3n) is 3.95. The molecule has 0 atom stereocenters. The van der Waals surface area contributed by atoms with Crippen molar-refractivity contribution in [1.29, 1.82) is 0 Å². The molecule has 0 heterocycles. The van der Waals surface area contributed by atoms with Crippen LogP contribution in [0.4, 0.5) is 79.0 Å². The molecule has 0 aromatic carbocycles. The minimum atomic E-state index is -8.87. The molecule has 198 valence electrons. The molecule has 0 aliphatic rings. The van der Waals surface area contributed by atoms with Gasteiger partial charge >= 0.3 is 53.3 Å². The predicted molar refractivity (Wildman–Crippen MR) is 72.2 cm³/mol. The van der Waals surface area contributed by atoms with Gasteiger partial charge in [-0.2, -0.15) is 91.7 Å². The van der Waals surface area contributed by atoms with E-state index in [1.165, 1.54) is 0 Å². The van der Waals surface area contributed by atoms with Gasteiger partial charge in [0.15, 0.2) is 0 Å².